The first-order valence-corrected chi connectivity index (χ1v) is 5.46. The summed E-state index contributed by atoms with van der Waals surface area (Å²) in [6.45, 7) is 0.304. The summed E-state index contributed by atoms with van der Waals surface area (Å²) in [5.74, 6) is 0.105. The minimum Gasteiger partial charge on any atom is -0.461 e. The molecule has 17 heavy (non-hydrogen) atoms. The minimum absolute atomic E-state index is 0.0665. The molecular weight excluding hydrogens is 233 g/mol. The predicted octanol–water partition coefficient (Wildman–Crippen LogP) is 2.20. The van der Waals surface area contributed by atoms with Gasteiger partial charge in [0.15, 0.2) is 0 Å². The molecule has 6 heteroatoms. The summed E-state index contributed by atoms with van der Waals surface area (Å²) in [5.41, 5.74) is -1.35. The second-order valence-electron chi connectivity index (χ2n) is 4.45. The number of nitrogens with one attached hydrogen (secondary N) is 1. The van der Waals surface area contributed by atoms with Gasteiger partial charge in [-0.3, -0.25) is 0 Å². The van der Waals surface area contributed by atoms with Crippen molar-refractivity contribution >= 4 is 0 Å². The van der Waals surface area contributed by atoms with Gasteiger partial charge in [-0.2, -0.15) is 13.2 Å². The summed E-state index contributed by atoms with van der Waals surface area (Å²) in [5, 5.41) is 3.08. The monoisotopic (exact) mass is 244 g/mol. The van der Waals surface area contributed by atoms with Crippen molar-refractivity contribution in [3.8, 4) is 5.88 Å². The van der Waals surface area contributed by atoms with Crippen LogP contribution in [0.5, 0.6) is 5.88 Å². The van der Waals surface area contributed by atoms with E-state index in [4.69, 9.17) is 4.74 Å². The van der Waals surface area contributed by atoms with Gasteiger partial charge < -0.3 is 10.1 Å². The number of rotatable bonds is 0. The standard InChI is InChI=1S/C11H11F3N2O/c12-11(13,14)10-3-5-15-8(6-10)7-2-1-4-16-9(7)17-10/h1-2,4,8,15H,3,5-6H2. The first kappa shape index (κ1) is 10.8. The Labute approximate surface area is 96.0 Å². The third-order valence-corrected chi connectivity index (χ3v) is 3.44. The lowest BCUT2D eigenvalue weighted by atomic mass is 9.82. The Bertz CT molecular complexity index is 449. The number of nitrogens with zero attached hydrogens (tertiary/aromatic N) is 1. The van der Waals surface area contributed by atoms with E-state index in [1.54, 1.807) is 12.1 Å². The molecule has 0 aromatic carbocycles. The van der Waals surface area contributed by atoms with Crippen LogP contribution < -0.4 is 10.1 Å². The highest BCUT2D eigenvalue weighted by molar-refractivity contribution is 5.34. The van der Waals surface area contributed by atoms with E-state index in [9.17, 15) is 13.2 Å². The lowest BCUT2D eigenvalue weighted by molar-refractivity contribution is -0.265. The Kier molecular flexibility index (Phi) is 2.13. The highest BCUT2D eigenvalue weighted by Gasteiger charge is 2.61. The van der Waals surface area contributed by atoms with Crippen molar-refractivity contribution in [2.45, 2.75) is 30.7 Å². The molecule has 2 bridgehead atoms. The molecular formula is C11H11F3N2O. The van der Waals surface area contributed by atoms with Crippen LogP contribution in [0.4, 0.5) is 13.2 Å². The highest BCUT2D eigenvalue weighted by atomic mass is 19.4. The quantitative estimate of drug-likeness (QED) is 0.759. The third kappa shape index (κ3) is 1.50. The number of alkyl halides is 3. The highest BCUT2D eigenvalue weighted by Crippen LogP contribution is 2.49. The zero-order valence-electron chi connectivity index (χ0n) is 8.92. The molecule has 2 atom stereocenters. The Morgan fingerprint density at radius 2 is 2.29 bits per heavy atom. The van der Waals surface area contributed by atoms with Gasteiger partial charge in [-0.15, -0.1) is 0 Å². The molecule has 3 nitrogen and oxygen atoms in total. The number of piperidine rings is 1. The maximum Gasteiger partial charge on any atom is 0.428 e. The van der Waals surface area contributed by atoms with Crippen LogP contribution in [0, 0.1) is 0 Å². The Morgan fingerprint density at radius 1 is 1.47 bits per heavy atom. The van der Waals surface area contributed by atoms with Gasteiger partial charge in [-0.25, -0.2) is 4.98 Å². The van der Waals surface area contributed by atoms with Crippen molar-refractivity contribution in [3.05, 3.63) is 23.9 Å². The molecule has 0 saturated carbocycles. The van der Waals surface area contributed by atoms with Gasteiger partial charge in [-0.05, 0) is 12.6 Å². The van der Waals surface area contributed by atoms with Crippen LogP contribution in [-0.4, -0.2) is 23.3 Å². The summed E-state index contributed by atoms with van der Waals surface area (Å²) in [7, 11) is 0. The van der Waals surface area contributed by atoms with Crippen LogP contribution in [0.15, 0.2) is 18.3 Å². The number of aromatic nitrogens is 1. The van der Waals surface area contributed by atoms with E-state index in [0.717, 1.165) is 0 Å². The van der Waals surface area contributed by atoms with Gasteiger partial charge in [0, 0.05) is 30.6 Å². The van der Waals surface area contributed by atoms with Gasteiger partial charge in [0.05, 0.1) is 0 Å². The van der Waals surface area contributed by atoms with Gasteiger partial charge in [0.2, 0.25) is 11.5 Å². The van der Waals surface area contributed by atoms with E-state index < -0.39 is 11.8 Å². The molecule has 0 spiro atoms. The van der Waals surface area contributed by atoms with Crippen LogP contribution in [0.2, 0.25) is 0 Å². The molecule has 2 aliphatic rings. The number of pyridine rings is 1. The maximum absolute atomic E-state index is 13.1. The fourth-order valence-electron chi connectivity index (χ4n) is 2.52. The largest absolute Gasteiger partial charge is 0.461 e. The van der Waals surface area contributed by atoms with Crippen molar-refractivity contribution < 1.29 is 17.9 Å². The van der Waals surface area contributed by atoms with Crippen LogP contribution in [0.1, 0.15) is 24.4 Å². The van der Waals surface area contributed by atoms with Crippen LogP contribution in [0.3, 0.4) is 0 Å². The van der Waals surface area contributed by atoms with E-state index in [0.29, 0.717) is 12.1 Å². The second-order valence-corrected chi connectivity index (χ2v) is 4.45. The summed E-state index contributed by atoms with van der Waals surface area (Å²) in [6, 6.07) is 3.15. The molecule has 0 aliphatic carbocycles. The second kappa shape index (κ2) is 3.35. The number of ether oxygens (including phenoxy) is 1. The van der Waals surface area contributed by atoms with Crippen molar-refractivity contribution in [1.29, 1.82) is 0 Å². The van der Waals surface area contributed by atoms with Crippen LogP contribution in [-0.2, 0) is 0 Å². The van der Waals surface area contributed by atoms with E-state index >= 15 is 0 Å². The van der Waals surface area contributed by atoms with Crippen LogP contribution in [0.25, 0.3) is 0 Å². The zero-order chi connectivity index (χ0) is 12.1. The van der Waals surface area contributed by atoms with Crippen molar-refractivity contribution in [3.63, 3.8) is 0 Å². The molecule has 92 valence electrons. The average Bonchev–Trinajstić information content (AvgIpc) is 2.28. The van der Waals surface area contributed by atoms with Crippen LogP contribution >= 0.6 is 0 Å². The smallest absolute Gasteiger partial charge is 0.428 e. The van der Waals surface area contributed by atoms with E-state index in [-0.39, 0.29) is 24.8 Å². The summed E-state index contributed by atoms with van der Waals surface area (Å²) < 4.78 is 44.5. The maximum atomic E-state index is 13.1. The number of halogens is 3. The summed E-state index contributed by atoms with van der Waals surface area (Å²) in [6.07, 6.45) is -3.05. The Morgan fingerprint density at radius 3 is 3.06 bits per heavy atom. The lowest BCUT2D eigenvalue weighted by Crippen LogP contribution is -2.59. The molecule has 0 radical (unpaired) electrons. The SMILES string of the molecule is FC(F)(F)C12CCNC(C1)c1cccnc1O2. The Balaban J connectivity index is 2.08. The summed E-state index contributed by atoms with van der Waals surface area (Å²) in [4.78, 5) is 3.90. The van der Waals surface area contributed by atoms with E-state index in [1.807, 2.05) is 0 Å². The fraction of sp³-hybridized carbons (Fsp3) is 0.545. The minimum atomic E-state index is -4.36. The lowest BCUT2D eigenvalue weighted by Gasteiger charge is -2.46. The van der Waals surface area contributed by atoms with Crippen molar-refractivity contribution in [2.75, 3.05) is 6.54 Å². The number of hydrogen-bond acceptors (Lipinski definition) is 3. The normalized spacial score (nSPS) is 31.6. The molecule has 0 amide bonds. The number of fused-ring (bicyclic) bond motifs is 4. The molecule has 3 heterocycles. The first-order chi connectivity index (χ1) is 8.02. The molecule has 3 rings (SSSR count). The van der Waals surface area contributed by atoms with E-state index in [1.165, 1.54) is 6.20 Å². The molecule has 2 unspecified atom stereocenters. The van der Waals surface area contributed by atoms with Gasteiger partial charge in [0.1, 0.15) is 0 Å². The first-order valence-electron chi connectivity index (χ1n) is 5.46. The van der Waals surface area contributed by atoms with Crippen molar-refractivity contribution in [2.24, 2.45) is 0 Å². The number of hydrogen-bond donors (Lipinski definition) is 1. The predicted molar refractivity (Wildman–Crippen MR) is 53.6 cm³/mol. The third-order valence-electron chi connectivity index (χ3n) is 3.44. The van der Waals surface area contributed by atoms with Gasteiger partial charge in [0.25, 0.3) is 0 Å². The molecule has 1 saturated heterocycles. The summed E-state index contributed by atoms with van der Waals surface area (Å²) >= 11 is 0. The molecule has 1 aromatic heterocycles. The van der Waals surface area contributed by atoms with Gasteiger partial charge >= 0.3 is 6.18 Å². The molecule has 1 N–H and O–H groups in total. The molecule has 1 aromatic rings. The van der Waals surface area contributed by atoms with Crippen molar-refractivity contribution in [1.82, 2.24) is 10.3 Å². The average molecular weight is 244 g/mol. The molecule has 1 fully saturated rings. The van der Waals surface area contributed by atoms with E-state index in [2.05, 4.69) is 10.3 Å². The fourth-order valence-corrected chi connectivity index (χ4v) is 2.52. The zero-order valence-corrected chi connectivity index (χ0v) is 8.92. The van der Waals surface area contributed by atoms with Gasteiger partial charge in [-0.1, -0.05) is 6.07 Å². The molecule has 2 aliphatic heterocycles. The Hall–Kier alpha value is -1.30. The topological polar surface area (TPSA) is 34.2 Å².